The molecule has 0 spiro atoms. The summed E-state index contributed by atoms with van der Waals surface area (Å²) in [6.45, 7) is 3.22. The van der Waals surface area contributed by atoms with Gasteiger partial charge in [-0.2, -0.15) is 4.31 Å². The summed E-state index contributed by atoms with van der Waals surface area (Å²) in [6, 6.07) is 9.53. The molecule has 2 aliphatic rings. The van der Waals surface area contributed by atoms with Crippen molar-refractivity contribution in [3.05, 3.63) is 53.3 Å². The van der Waals surface area contributed by atoms with Crippen molar-refractivity contribution in [2.75, 3.05) is 6.54 Å². The molecule has 0 radical (unpaired) electrons. The minimum absolute atomic E-state index is 0.123. The van der Waals surface area contributed by atoms with Gasteiger partial charge in [-0.05, 0) is 61.6 Å². The average Bonchev–Trinajstić information content (AvgIpc) is 3.15. The molecule has 0 bridgehead atoms. The van der Waals surface area contributed by atoms with Crippen LogP contribution in [0, 0.1) is 0 Å². The summed E-state index contributed by atoms with van der Waals surface area (Å²) in [4.78, 5) is 0.444. The number of aromatic nitrogens is 1. The highest BCUT2D eigenvalue weighted by Crippen LogP contribution is 2.32. The third kappa shape index (κ3) is 2.03. The second-order valence-corrected chi connectivity index (χ2v) is 8.09. The van der Waals surface area contributed by atoms with Crippen molar-refractivity contribution in [3.63, 3.8) is 0 Å². The molecule has 1 unspecified atom stereocenters. The van der Waals surface area contributed by atoms with Gasteiger partial charge in [0, 0.05) is 25.0 Å². The second kappa shape index (κ2) is 4.96. The van der Waals surface area contributed by atoms with Crippen LogP contribution in [0.3, 0.4) is 0 Å². The van der Waals surface area contributed by atoms with Crippen molar-refractivity contribution < 1.29 is 8.42 Å². The maximum atomic E-state index is 13.0. The standard InChI is InChI=1S/C17H20N2O2S/c1-13-17-6-3-9-18(17)10-11-19(13)22(20,21)16-8-7-14-4-2-5-15(14)12-16/h3,6-9,12-13H,2,4-5,10-11H2,1H3. The van der Waals surface area contributed by atoms with Gasteiger partial charge in [-0.3, -0.25) is 0 Å². The van der Waals surface area contributed by atoms with E-state index >= 15 is 0 Å². The number of hydrogen-bond donors (Lipinski definition) is 0. The Morgan fingerprint density at radius 1 is 1.09 bits per heavy atom. The number of benzene rings is 1. The van der Waals surface area contributed by atoms with Crippen LogP contribution in [0.25, 0.3) is 0 Å². The molecule has 4 rings (SSSR count). The maximum absolute atomic E-state index is 13.0. The highest BCUT2D eigenvalue weighted by atomic mass is 32.2. The first kappa shape index (κ1) is 14.0. The minimum atomic E-state index is -3.43. The van der Waals surface area contributed by atoms with Crippen LogP contribution in [0.2, 0.25) is 0 Å². The van der Waals surface area contributed by atoms with Crippen LogP contribution >= 0.6 is 0 Å². The van der Waals surface area contributed by atoms with Gasteiger partial charge in [0.1, 0.15) is 0 Å². The van der Waals surface area contributed by atoms with Gasteiger partial charge >= 0.3 is 0 Å². The minimum Gasteiger partial charge on any atom is -0.349 e. The van der Waals surface area contributed by atoms with E-state index in [2.05, 4.69) is 4.57 Å². The first-order chi connectivity index (χ1) is 10.6. The fourth-order valence-corrected chi connectivity index (χ4v) is 5.38. The van der Waals surface area contributed by atoms with E-state index in [0.29, 0.717) is 11.4 Å². The number of rotatable bonds is 2. The lowest BCUT2D eigenvalue weighted by Crippen LogP contribution is -2.40. The monoisotopic (exact) mass is 316 g/mol. The van der Waals surface area contributed by atoms with Crippen molar-refractivity contribution in [1.82, 2.24) is 8.87 Å². The Morgan fingerprint density at radius 2 is 1.91 bits per heavy atom. The molecule has 1 aliphatic carbocycles. The summed E-state index contributed by atoms with van der Waals surface area (Å²) < 4.78 is 29.9. The molecule has 1 aromatic carbocycles. The highest BCUT2D eigenvalue weighted by molar-refractivity contribution is 7.89. The van der Waals surface area contributed by atoms with Gasteiger partial charge in [-0.1, -0.05) is 6.07 Å². The summed E-state index contributed by atoms with van der Waals surface area (Å²) >= 11 is 0. The van der Waals surface area contributed by atoms with Crippen LogP contribution in [0.4, 0.5) is 0 Å². The quantitative estimate of drug-likeness (QED) is 0.855. The Labute approximate surface area is 131 Å². The summed E-state index contributed by atoms with van der Waals surface area (Å²) in [6.07, 6.45) is 5.22. The zero-order valence-corrected chi connectivity index (χ0v) is 13.5. The smallest absolute Gasteiger partial charge is 0.243 e. The molecule has 22 heavy (non-hydrogen) atoms. The Bertz CT molecular complexity index is 823. The third-order valence-electron chi connectivity index (χ3n) is 4.96. The normalized spacial score (nSPS) is 21.6. The summed E-state index contributed by atoms with van der Waals surface area (Å²) in [5.74, 6) is 0. The van der Waals surface area contributed by atoms with Gasteiger partial charge in [0.2, 0.25) is 10.0 Å². The Hall–Kier alpha value is -1.59. The average molecular weight is 316 g/mol. The van der Waals surface area contributed by atoms with Gasteiger partial charge < -0.3 is 4.57 Å². The van der Waals surface area contributed by atoms with Crippen LogP contribution in [0.5, 0.6) is 0 Å². The molecule has 0 fully saturated rings. The lowest BCUT2D eigenvalue weighted by atomic mass is 10.1. The molecule has 1 aliphatic heterocycles. The predicted octanol–water partition coefficient (Wildman–Crippen LogP) is 2.74. The van der Waals surface area contributed by atoms with Gasteiger partial charge in [0.05, 0.1) is 10.9 Å². The second-order valence-electron chi connectivity index (χ2n) is 6.20. The zero-order chi connectivity index (χ0) is 15.3. The molecule has 116 valence electrons. The van der Waals surface area contributed by atoms with Gasteiger partial charge in [0.25, 0.3) is 0 Å². The van der Waals surface area contributed by atoms with E-state index in [4.69, 9.17) is 0 Å². The predicted molar refractivity (Wildman–Crippen MR) is 85.2 cm³/mol. The molecule has 0 N–H and O–H groups in total. The topological polar surface area (TPSA) is 42.3 Å². The van der Waals surface area contributed by atoms with Crippen LogP contribution in [-0.4, -0.2) is 23.8 Å². The van der Waals surface area contributed by atoms with E-state index in [1.54, 1.807) is 10.4 Å². The summed E-state index contributed by atoms with van der Waals surface area (Å²) in [7, 11) is -3.43. The molecule has 0 saturated carbocycles. The largest absolute Gasteiger partial charge is 0.349 e. The van der Waals surface area contributed by atoms with Crippen molar-refractivity contribution >= 4 is 10.0 Å². The van der Waals surface area contributed by atoms with E-state index in [-0.39, 0.29) is 6.04 Å². The number of fused-ring (bicyclic) bond motifs is 2. The number of sulfonamides is 1. The van der Waals surface area contributed by atoms with E-state index in [9.17, 15) is 8.42 Å². The van der Waals surface area contributed by atoms with Gasteiger partial charge in [-0.15, -0.1) is 0 Å². The molecular formula is C17H20N2O2S. The Morgan fingerprint density at radius 3 is 2.77 bits per heavy atom. The van der Waals surface area contributed by atoms with E-state index in [1.807, 2.05) is 37.4 Å². The number of hydrogen-bond acceptors (Lipinski definition) is 2. The zero-order valence-electron chi connectivity index (χ0n) is 12.7. The Kier molecular flexibility index (Phi) is 3.16. The van der Waals surface area contributed by atoms with Crippen LogP contribution in [-0.2, 0) is 29.4 Å². The summed E-state index contributed by atoms with van der Waals surface area (Å²) in [5, 5.41) is 0. The van der Waals surface area contributed by atoms with Gasteiger partial charge in [0.15, 0.2) is 0 Å². The molecular weight excluding hydrogens is 296 g/mol. The van der Waals surface area contributed by atoms with Gasteiger partial charge in [-0.25, -0.2) is 8.42 Å². The molecule has 0 amide bonds. The van der Waals surface area contributed by atoms with E-state index in [0.717, 1.165) is 31.5 Å². The lowest BCUT2D eigenvalue weighted by molar-refractivity contribution is 0.282. The Balaban J connectivity index is 1.72. The van der Waals surface area contributed by atoms with Crippen molar-refractivity contribution in [1.29, 1.82) is 0 Å². The fourth-order valence-electron chi connectivity index (χ4n) is 3.73. The highest BCUT2D eigenvalue weighted by Gasteiger charge is 2.34. The maximum Gasteiger partial charge on any atom is 0.243 e. The van der Waals surface area contributed by atoms with Crippen LogP contribution in [0.1, 0.15) is 36.2 Å². The van der Waals surface area contributed by atoms with Crippen molar-refractivity contribution in [3.8, 4) is 0 Å². The molecule has 2 heterocycles. The first-order valence-corrected chi connectivity index (χ1v) is 9.30. The summed E-state index contributed by atoms with van der Waals surface area (Å²) in [5.41, 5.74) is 3.57. The number of nitrogens with zero attached hydrogens (tertiary/aromatic N) is 2. The molecule has 4 nitrogen and oxygen atoms in total. The van der Waals surface area contributed by atoms with Crippen LogP contribution in [0.15, 0.2) is 41.4 Å². The third-order valence-corrected chi connectivity index (χ3v) is 6.93. The lowest BCUT2D eigenvalue weighted by Gasteiger charge is -2.34. The molecule has 5 heteroatoms. The fraction of sp³-hybridized carbons (Fsp3) is 0.412. The van der Waals surface area contributed by atoms with Crippen LogP contribution < -0.4 is 0 Å². The molecule has 1 aromatic heterocycles. The van der Waals surface area contributed by atoms with E-state index in [1.165, 1.54) is 11.1 Å². The van der Waals surface area contributed by atoms with Crippen molar-refractivity contribution in [2.45, 2.75) is 43.7 Å². The number of aryl methyl sites for hydroxylation is 2. The van der Waals surface area contributed by atoms with Crippen molar-refractivity contribution in [2.24, 2.45) is 0 Å². The molecule has 0 saturated heterocycles. The first-order valence-electron chi connectivity index (χ1n) is 7.86. The molecule has 1 atom stereocenters. The van der Waals surface area contributed by atoms with E-state index < -0.39 is 10.0 Å². The SMILES string of the molecule is CC1c2cccn2CCN1S(=O)(=O)c1ccc2c(c1)CCC2. The molecule has 2 aromatic rings.